The number of hydrogen-bond acceptors (Lipinski definition) is 5. The van der Waals surface area contributed by atoms with Crippen LogP contribution in [0.3, 0.4) is 0 Å². The fourth-order valence-electron chi connectivity index (χ4n) is 2.81. The number of hydrogen-bond donors (Lipinski definition) is 2. The Labute approximate surface area is 124 Å². The van der Waals surface area contributed by atoms with Crippen molar-refractivity contribution in [2.75, 3.05) is 5.32 Å². The van der Waals surface area contributed by atoms with Crippen LogP contribution < -0.4 is 5.32 Å². The van der Waals surface area contributed by atoms with Gasteiger partial charge in [-0.25, -0.2) is 0 Å². The number of nitrogens with one attached hydrogen (secondary N) is 1. The van der Waals surface area contributed by atoms with Crippen molar-refractivity contribution in [3.05, 3.63) is 41.4 Å². The summed E-state index contributed by atoms with van der Waals surface area (Å²) in [4.78, 5) is 16.2. The van der Waals surface area contributed by atoms with E-state index >= 15 is 0 Å². The first-order valence-electron chi connectivity index (χ1n) is 6.63. The minimum atomic E-state index is -0.527. The highest BCUT2D eigenvalue weighted by atomic mass is 32.1. The Balaban J connectivity index is 1.82. The molecule has 5 nitrogen and oxygen atoms in total. The molecule has 0 fully saturated rings. The average molecular weight is 299 g/mol. The molecule has 1 atom stereocenters. The van der Waals surface area contributed by atoms with Gasteiger partial charge in [0.2, 0.25) is 17.7 Å². The summed E-state index contributed by atoms with van der Waals surface area (Å²) in [7, 11) is 0. The number of rotatable bonds is 1. The van der Waals surface area contributed by atoms with E-state index in [4.69, 9.17) is 0 Å². The molecule has 21 heavy (non-hydrogen) atoms. The lowest BCUT2D eigenvalue weighted by Gasteiger charge is -2.35. The molecule has 0 radical (unpaired) electrons. The lowest BCUT2D eigenvalue weighted by Crippen LogP contribution is -2.41. The third-order valence-electron chi connectivity index (χ3n) is 3.94. The SMILES string of the molecule is C[C@@]1(c2ccc3sccc3c2)CC(=O)n2cc(O)nc2N1. The average Bonchev–Trinajstić information content (AvgIpc) is 3.03. The molecule has 3 heterocycles. The van der Waals surface area contributed by atoms with Crippen LogP contribution in [0.5, 0.6) is 5.88 Å². The van der Waals surface area contributed by atoms with Crippen molar-refractivity contribution in [1.29, 1.82) is 0 Å². The largest absolute Gasteiger partial charge is 0.492 e. The molecule has 0 unspecified atom stereocenters. The van der Waals surface area contributed by atoms with Crippen molar-refractivity contribution < 1.29 is 9.90 Å². The van der Waals surface area contributed by atoms with Crippen LogP contribution in [0.4, 0.5) is 5.95 Å². The second-order valence-corrected chi connectivity index (χ2v) is 6.44. The molecular weight excluding hydrogens is 286 g/mol. The highest BCUT2D eigenvalue weighted by molar-refractivity contribution is 7.17. The first kappa shape index (κ1) is 12.4. The number of benzene rings is 1. The van der Waals surface area contributed by atoms with Gasteiger partial charge in [0.05, 0.1) is 18.2 Å². The Morgan fingerprint density at radius 3 is 3.14 bits per heavy atom. The summed E-state index contributed by atoms with van der Waals surface area (Å²) in [5, 5.41) is 16.0. The molecule has 2 N–H and O–H groups in total. The van der Waals surface area contributed by atoms with Crippen LogP contribution in [0.2, 0.25) is 0 Å². The summed E-state index contributed by atoms with van der Waals surface area (Å²) in [5.74, 6) is 0.157. The first-order chi connectivity index (χ1) is 10.0. The fourth-order valence-corrected chi connectivity index (χ4v) is 3.58. The van der Waals surface area contributed by atoms with Gasteiger partial charge in [-0.2, -0.15) is 4.98 Å². The summed E-state index contributed by atoms with van der Waals surface area (Å²) < 4.78 is 2.59. The number of aromatic hydroxyl groups is 1. The molecule has 0 amide bonds. The van der Waals surface area contributed by atoms with Crippen LogP contribution in [-0.2, 0) is 5.54 Å². The summed E-state index contributed by atoms with van der Waals surface area (Å²) >= 11 is 1.70. The number of carbonyl (C=O) groups excluding carboxylic acids is 1. The second kappa shape index (κ2) is 4.08. The van der Waals surface area contributed by atoms with Crippen LogP contribution in [0.15, 0.2) is 35.8 Å². The number of aromatic nitrogens is 2. The summed E-state index contributed by atoms with van der Waals surface area (Å²) in [6.07, 6.45) is 1.65. The van der Waals surface area contributed by atoms with Gasteiger partial charge in [0.15, 0.2) is 0 Å². The molecule has 0 spiro atoms. The number of carbonyl (C=O) groups is 1. The Morgan fingerprint density at radius 2 is 2.29 bits per heavy atom. The third kappa shape index (κ3) is 1.83. The van der Waals surface area contributed by atoms with Crippen molar-refractivity contribution in [2.45, 2.75) is 18.9 Å². The van der Waals surface area contributed by atoms with E-state index in [-0.39, 0.29) is 11.8 Å². The van der Waals surface area contributed by atoms with Crippen LogP contribution in [-0.4, -0.2) is 20.6 Å². The predicted molar refractivity (Wildman–Crippen MR) is 81.9 cm³/mol. The van der Waals surface area contributed by atoms with Gasteiger partial charge >= 0.3 is 0 Å². The summed E-state index contributed by atoms with van der Waals surface area (Å²) in [6.45, 7) is 1.98. The second-order valence-electron chi connectivity index (χ2n) is 5.49. The molecule has 0 bridgehead atoms. The minimum Gasteiger partial charge on any atom is -0.492 e. The maximum absolute atomic E-state index is 12.3. The van der Waals surface area contributed by atoms with Gasteiger partial charge in [-0.1, -0.05) is 6.07 Å². The van der Waals surface area contributed by atoms with E-state index in [1.165, 1.54) is 20.9 Å². The van der Waals surface area contributed by atoms with Gasteiger partial charge in [-0.15, -0.1) is 11.3 Å². The number of imidazole rings is 1. The van der Waals surface area contributed by atoms with Gasteiger partial charge in [0, 0.05) is 4.70 Å². The van der Waals surface area contributed by atoms with Gasteiger partial charge < -0.3 is 10.4 Å². The fraction of sp³-hybridized carbons (Fsp3) is 0.200. The van der Waals surface area contributed by atoms with Crippen molar-refractivity contribution in [1.82, 2.24) is 9.55 Å². The number of anilines is 1. The van der Waals surface area contributed by atoms with Gasteiger partial charge in [0.1, 0.15) is 0 Å². The van der Waals surface area contributed by atoms with Crippen LogP contribution >= 0.6 is 11.3 Å². The standard InChI is InChI=1S/C15H13N3O2S/c1-15(10-2-3-11-9(6-10)4-5-21-11)7-13(20)18-8-12(19)16-14(18)17-15/h2-6,8,19H,7H2,1H3,(H,16,17)/t15-/m0/s1. The highest BCUT2D eigenvalue weighted by Gasteiger charge is 2.37. The molecular formula is C15H13N3O2S. The summed E-state index contributed by atoms with van der Waals surface area (Å²) in [5.41, 5.74) is 0.511. The van der Waals surface area contributed by atoms with Crippen molar-refractivity contribution >= 4 is 33.3 Å². The maximum Gasteiger partial charge on any atom is 0.236 e. The van der Waals surface area contributed by atoms with Gasteiger partial charge in [-0.05, 0) is 41.5 Å². The Morgan fingerprint density at radius 1 is 1.43 bits per heavy atom. The van der Waals surface area contributed by atoms with Gasteiger partial charge in [-0.3, -0.25) is 9.36 Å². The molecule has 1 aliphatic heterocycles. The lowest BCUT2D eigenvalue weighted by molar-refractivity contribution is 0.0865. The smallest absolute Gasteiger partial charge is 0.236 e. The predicted octanol–water partition coefficient (Wildman–Crippen LogP) is 3.17. The van der Waals surface area contributed by atoms with Crippen molar-refractivity contribution in [3.63, 3.8) is 0 Å². The highest BCUT2D eigenvalue weighted by Crippen LogP contribution is 2.36. The zero-order valence-corrected chi connectivity index (χ0v) is 12.1. The van der Waals surface area contributed by atoms with E-state index in [0.29, 0.717) is 12.4 Å². The Kier molecular flexibility index (Phi) is 2.41. The topological polar surface area (TPSA) is 67.2 Å². The molecule has 0 saturated heterocycles. The maximum atomic E-state index is 12.3. The number of fused-ring (bicyclic) bond motifs is 2. The Bertz CT molecular complexity index is 867. The third-order valence-corrected chi connectivity index (χ3v) is 4.84. The van der Waals surface area contributed by atoms with Crippen LogP contribution in [0.25, 0.3) is 10.1 Å². The minimum absolute atomic E-state index is 0.0792. The van der Waals surface area contributed by atoms with E-state index in [1.807, 2.05) is 13.0 Å². The zero-order valence-electron chi connectivity index (χ0n) is 11.3. The van der Waals surface area contributed by atoms with E-state index < -0.39 is 5.54 Å². The van der Waals surface area contributed by atoms with E-state index in [0.717, 1.165) is 5.56 Å². The molecule has 4 rings (SSSR count). The zero-order chi connectivity index (χ0) is 14.6. The molecule has 6 heteroatoms. The van der Waals surface area contributed by atoms with E-state index in [2.05, 4.69) is 33.9 Å². The van der Waals surface area contributed by atoms with Gasteiger partial charge in [0.25, 0.3) is 0 Å². The lowest BCUT2D eigenvalue weighted by atomic mass is 9.86. The van der Waals surface area contributed by atoms with Crippen molar-refractivity contribution in [3.8, 4) is 5.88 Å². The Hall–Kier alpha value is -2.34. The number of nitrogens with zero attached hydrogens (tertiary/aromatic N) is 2. The molecule has 2 aromatic heterocycles. The number of thiophene rings is 1. The molecule has 0 saturated carbocycles. The molecule has 0 aliphatic carbocycles. The van der Waals surface area contributed by atoms with E-state index in [9.17, 15) is 9.90 Å². The molecule has 1 aromatic carbocycles. The summed E-state index contributed by atoms with van der Waals surface area (Å²) in [6, 6.07) is 8.29. The quantitative estimate of drug-likeness (QED) is 0.724. The molecule has 1 aliphatic rings. The molecule has 3 aromatic rings. The monoisotopic (exact) mass is 299 g/mol. The normalized spacial score (nSPS) is 21.3. The van der Waals surface area contributed by atoms with Crippen LogP contribution in [0, 0.1) is 0 Å². The van der Waals surface area contributed by atoms with Crippen LogP contribution in [0.1, 0.15) is 23.7 Å². The van der Waals surface area contributed by atoms with E-state index in [1.54, 1.807) is 11.3 Å². The van der Waals surface area contributed by atoms with Crippen molar-refractivity contribution in [2.24, 2.45) is 0 Å². The first-order valence-corrected chi connectivity index (χ1v) is 7.51. The molecule has 106 valence electrons.